The van der Waals surface area contributed by atoms with Crippen molar-refractivity contribution in [1.29, 1.82) is 21.2 Å². The lowest BCUT2D eigenvalue weighted by Gasteiger charge is -2.47. The number of nitrogens with zero attached hydrogens (tertiary/aromatic N) is 4. The number of ether oxygens (including phenoxy) is 2. The van der Waals surface area contributed by atoms with E-state index in [9.17, 15) is 15.8 Å². The van der Waals surface area contributed by atoms with E-state index in [0.717, 1.165) is 17.7 Å². The summed E-state index contributed by atoms with van der Waals surface area (Å²) in [5.41, 5.74) is -0.306. The first-order chi connectivity index (χ1) is 14.9. The highest BCUT2D eigenvalue weighted by Crippen LogP contribution is 2.54. The molecule has 1 aromatic carbocycles. The van der Waals surface area contributed by atoms with Crippen LogP contribution in [0.5, 0.6) is 11.5 Å². The highest BCUT2D eigenvalue weighted by molar-refractivity contribution is 6.00. The van der Waals surface area contributed by atoms with Gasteiger partial charge in [-0.25, -0.2) is 0 Å². The SMILES string of the molecule is CCN1CC=C2C(C#N)C(=N)C(C#N)(C#N)[C@H](c3ccc(OC(C)C)c(OC)c3)C2C1. The molecule has 0 amide bonds. The molecule has 0 radical (unpaired) electrons. The van der Waals surface area contributed by atoms with E-state index in [1.165, 1.54) is 0 Å². The van der Waals surface area contributed by atoms with Gasteiger partial charge in [-0.05, 0) is 43.7 Å². The Hall–Kier alpha value is -3.34. The van der Waals surface area contributed by atoms with Gasteiger partial charge in [0.25, 0.3) is 0 Å². The Balaban J connectivity index is 2.22. The van der Waals surface area contributed by atoms with Crippen LogP contribution in [0.4, 0.5) is 0 Å². The van der Waals surface area contributed by atoms with Crippen molar-refractivity contribution in [2.45, 2.75) is 32.8 Å². The van der Waals surface area contributed by atoms with Crippen LogP contribution >= 0.6 is 0 Å². The average Bonchev–Trinajstić information content (AvgIpc) is 2.78. The van der Waals surface area contributed by atoms with E-state index >= 15 is 0 Å². The van der Waals surface area contributed by atoms with E-state index in [0.29, 0.717) is 24.6 Å². The summed E-state index contributed by atoms with van der Waals surface area (Å²) in [4.78, 5) is 2.22. The second kappa shape index (κ2) is 8.80. The molecule has 1 heterocycles. The van der Waals surface area contributed by atoms with Gasteiger partial charge in [-0.15, -0.1) is 0 Å². The van der Waals surface area contributed by atoms with Crippen LogP contribution in [0.25, 0.3) is 0 Å². The standard InChI is InChI=1S/C24H27N5O2/c1-5-29-9-8-17-18(11-25)23(28)24(13-26,14-27)22(19(17)12-29)16-6-7-20(31-15(2)3)21(10-16)30-4/h6-8,10,15,18-19,22,28H,5,9,12H2,1-4H3/t18?,19?,22-/m1/s1. The first-order valence-corrected chi connectivity index (χ1v) is 10.4. The molecule has 7 nitrogen and oxygen atoms in total. The number of fused-ring (bicyclic) bond motifs is 1. The molecule has 1 aromatic rings. The van der Waals surface area contributed by atoms with E-state index in [1.54, 1.807) is 19.2 Å². The molecule has 1 fully saturated rings. The maximum absolute atomic E-state index is 10.2. The predicted molar refractivity (Wildman–Crippen MR) is 116 cm³/mol. The zero-order chi connectivity index (χ0) is 22.8. The van der Waals surface area contributed by atoms with Crippen LogP contribution in [0.1, 0.15) is 32.3 Å². The first kappa shape index (κ1) is 22.3. The molecular formula is C24H27N5O2. The molecule has 0 aromatic heterocycles. The van der Waals surface area contributed by atoms with Crippen molar-refractivity contribution in [1.82, 2.24) is 4.90 Å². The number of hydrogen-bond donors (Lipinski definition) is 1. The summed E-state index contributed by atoms with van der Waals surface area (Å²) in [7, 11) is 1.55. The van der Waals surface area contributed by atoms with E-state index in [2.05, 4.69) is 30.0 Å². The molecule has 1 N–H and O–H groups in total. The number of likely N-dealkylation sites (N-methyl/N-ethyl adjacent to an activating group) is 1. The van der Waals surface area contributed by atoms with Crippen molar-refractivity contribution in [3.8, 4) is 29.7 Å². The van der Waals surface area contributed by atoms with Crippen molar-refractivity contribution in [2.24, 2.45) is 17.3 Å². The van der Waals surface area contributed by atoms with Crippen LogP contribution in [0, 0.1) is 56.7 Å². The third-order valence-corrected chi connectivity index (χ3v) is 6.22. The van der Waals surface area contributed by atoms with Gasteiger partial charge in [0.1, 0.15) is 5.92 Å². The number of methoxy groups -OCH3 is 1. The Morgan fingerprint density at radius 3 is 2.48 bits per heavy atom. The molecule has 0 saturated heterocycles. The fraction of sp³-hybridized carbons (Fsp3) is 0.500. The predicted octanol–water partition coefficient (Wildman–Crippen LogP) is 3.65. The number of hydrogen-bond acceptors (Lipinski definition) is 7. The number of benzene rings is 1. The average molecular weight is 418 g/mol. The minimum atomic E-state index is -1.73. The zero-order valence-electron chi connectivity index (χ0n) is 18.3. The van der Waals surface area contributed by atoms with E-state index in [-0.39, 0.29) is 17.7 Å². The highest BCUT2D eigenvalue weighted by atomic mass is 16.5. The lowest BCUT2D eigenvalue weighted by molar-refractivity contribution is 0.210. The van der Waals surface area contributed by atoms with Gasteiger partial charge < -0.3 is 14.9 Å². The summed E-state index contributed by atoms with van der Waals surface area (Å²) < 4.78 is 11.4. The largest absolute Gasteiger partial charge is 0.493 e. The number of nitriles is 3. The van der Waals surface area contributed by atoms with Gasteiger partial charge in [0.2, 0.25) is 0 Å². The minimum Gasteiger partial charge on any atom is -0.493 e. The van der Waals surface area contributed by atoms with Crippen LogP contribution in [0.15, 0.2) is 29.8 Å². The molecule has 160 valence electrons. The Labute approximate surface area is 183 Å². The smallest absolute Gasteiger partial charge is 0.189 e. The molecule has 2 unspecified atom stereocenters. The molecule has 3 atom stereocenters. The highest BCUT2D eigenvalue weighted by Gasteiger charge is 2.57. The molecular weight excluding hydrogens is 390 g/mol. The Morgan fingerprint density at radius 1 is 1.23 bits per heavy atom. The van der Waals surface area contributed by atoms with Crippen LogP contribution < -0.4 is 9.47 Å². The lowest BCUT2D eigenvalue weighted by atomic mass is 9.54. The molecule has 0 spiro atoms. The Morgan fingerprint density at radius 2 is 1.94 bits per heavy atom. The molecule has 1 aliphatic heterocycles. The van der Waals surface area contributed by atoms with E-state index in [1.807, 2.05) is 26.0 Å². The van der Waals surface area contributed by atoms with Crippen LogP contribution in [-0.4, -0.2) is 43.5 Å². The summed E-state index contributed by atoms with van der Waals surface area (Å²) in [6, 6.07) is 11.9. The summed E-state index contributed by atoms with van der Waals surface area (Å²) in [6.45, 7) is 8.04. The van der Waals surface area contributed by atoms with Gasteiger partial charge in [-0.3, -0.25) is 4.90 Å². The normalized spacial score (nSPS) is 24.9. The summed E-state index contributed by atoms with van der Waals surface area (Å²) in [5.74, 6) is -0.588. The fourth-order valence-corrected chi connectivity index (χ4v) is 4.73. The van der Waals surface area contributed by atoms with Crippen molar-refractivity contribution in [3.05, 3.63) is 35.4 Å². The van der Waals surface area contributed by atoms with Gasteiger partial charge in [0, 0.05) is 24.9 Å². The van der Waals surface area contributed by atoms with Gasteiger partial charge in [-0.2, -0.15) is 15.8 Å². The molecule has 2 aliphatic rings. The second-order valence-electron chi connectivity index (χ2n) is 8.22. The summed E-state index contributed by atoms with van der Waals surface area (Å²) in [6.07, 6.45) is 1.96. The van der Waals surface area contributed by atoms with Gasteiger partial charge in [-0.1, -0.05) is 19.1 Å². The Kier molecular flexibility index (Phi) is 6.34. The third kappa shape index (κ3) is 3.65. The van der Waals surface area contributed by atoms with Gasteiger partial charge >= 0.3 is 0 Å². The van der Waals surface area contributed by atoms with Crippen LogP contribution in [0.2, 0.25) is 0 Å². The third-order valence-electron chi connectivity index (χ3n) is 6.22. The molecule has 3 rings (SSSR count). The number of nitrogens with one attached hydrogen (secondary N) is 1. The molecule has 31 heavy (non-hydrogen) atoms. The number of rotatable bonds is 5. The van der Waals surface area contributed by atoms with Crippen molar-refractivity contribution in [3.63, 3.8) is 0 Å². The quantitative estimate of drug-likeness (QED) is 0.731. The maximum Gasteiger partial charge on any atom is 0.189 e. The van der Waals surface area contributed by atoms with Crippen LogP contribution in [-0.2, 0) is 0 Å². The van der Waals surface area contributed by atoms with Gasteiger partial charge in [0.15, 0.2) is 16.9 Å². The molecule has 7 heteroatoms. The molecule has 0 bridgehead atoms. The van der Waals surface area contributed by atoms with Crippen LogP contribution in [0.3, 0.4) is 0 Å². The summed E-state index contributed by atoms with van der Waals surface area (Å²) >= 11 is 0. The van der Waals surface area contributed by atoms with Crippen molar-refractivity contribution >= 4 is 5.71 Å². The first-order valence-electron chi connectivity index (χ1n) is 10.4. The van der Waals surface area contributed by atoms with Crippen molar-refractivity contribution < 1.29 is 9.47 Å². The zero-order valence-corrected chi connectivity index (χ0v) is 18.3. The second-order valence-corrected chi connectivity index (χ2v) is 8.22. The van der Waals surface area contributed by atoms with Gasteiger partial charge in [0.05, 0.1) is 37.1 Å². The fourth-order valence-electron chi connectivity index (χ4n) is 4.73. The molecule has 1 aliphatic carbocycles. The monoisotopic (exact) mass is 417 g/mol. The Bertz CT molecular complexity index is 1010. The van der Waals surface area contributed by atoms with E-state index < -0.39 is 17.3 Å². The maximum atomic E-state index is 10.2. The molecule has 1 saturated carbocycles. The topological polar surface area (TPSA) is 117 Å². The lowest BCUT2D eigenvalue weighted by Crippen LogP contribution is -2.52. The van der Waals surface area contributed by atoms with Crippen molar-refractivity contribution in [2.75, 3.05) is 26.7 Å². The van der Waals surface area contributed by atoms with E-state index in [4.69, 9.17) is 14.9 Å². The minimum absolute atomic E-state index is 0.0395. The summed E-state index contributed by atoms with van der Waals surface area (Å²) in [5, 5.41) is 38.8.